The molecule has 4 rings (SSSR count). The number of aromatic nitrogens is 2. The van der Waals surface area contributed by atoms with Crippen LogP contribution in [0.1, 0.15) is 49.7 Å². The number of hydrogen-bond donors (Lipinski definition) is 1. The number of unbranched alkanes of at least 4 members (excludes halogenated alkanes) is 1. The van der Waals surface area contributed by atoms with Crippen LogP contribution in [0, 0.1) is 6.92 Å². The molecule has 0 amide bonds. The Morgan fingerprint density at radius 3 is 2.47 bits per heavy atom. The monoisotopic (exact) mass is 464 g/mol. The lowest BCUT2D eigenvalue weighted by Gasteiger charge is -2.37. The quantitative estimate of drug-likeness (QED) is 0.328. The summed E-state index contributed by atoms with van der Waals surface area (Å²) in [5.74, 6) is 1.11. The van der Waals surface area contributed by atoms with Gasteiger partial charge in [0.2, 0.25) is 5.82 Å². The van der Waals surface area contributed by atoms with E-state index in [9.17, 15) is 0 Å². The van der Waals surface area contributed by atoms with Crippen molar-refractivity contribution in [2.75, 3.05) is 12.8 Å². The van der Waals surface area contributed by atoms with Crippen molar-refractivity contribution in [2.24, 2.45) is 0 Å². The van der Waals surface area contributed by atoms with Crippen LogP contribution in [0.25, 0.3) is 17.0 Å². The SMILES string of the molecule is CCCCN1C(=S)NC(c2ccc(SC)cc2)C(c2nc(-c3ccc(C)cc3)no2)=C1C. The predicted octanol–water partition coefficient (Wildman–Crippen LogP) is 6.23. The largest absolute Gasteiger partial charge is 0.351 e. The summed E-state index contributed by atoms with van der Waals surface area (Å²) < 4.78 is 5.81. The van der Waals surface area contributed by atoms with Crippen molar-refractivity contribution in [1.29, 1.82) is 0 Å². The minimum absolute atomic E-state index is 0.150. The number of hydrogen-bond acceptors (Lipinski definition) is 5. The summed E-state index contributed by atoms with van der Waals surface area (Å²) in [5, 5.41) is 8.55. The molecule has 0 spiro atoms. The summed E-state index contributed by atoms with van der Waals surface area (Å²) in [6.45, 7) is 7.20. The standard InChI is InChI=1S/C25H28N4OS2/c1-5-6-15-29-17(3)21(22(26-25(29)31)18-11-13-20(32-4)14-12-18)24-27-23(28-30-24)19-9-7-16(2)8-10-19/h7-14,22H,5-6,15H2,1-4H3,(H,26,31). The maximum atomic E-state index is 5.81. The first-order chi connectivity index (χ1) is 15.5. The number of aryl methyl sites for hydroxylation is 1. The molecule has 1 atom stereocenters. The van der Waals surface area contributed by atoms with Crippen LogP contribution in [0.3, 0.4) is 0 Å². The van der Waals surface area contributed by atoms with Crippen molar-refractivity contribution in [3.8, 4) is 11.4 Å². The molecular formula is C25H28N4OS2. The Morgan fingerprint density at radius 1 is 1.09 bits per heavy atom. The molecule has 0 bridgehead atoms. The summed E-state index contributed by atoms with van der Waals surface area (Å²) in [6, 6.07) is 16.5. The highest BCUT2D eigenvalue weighted by Crippen LogP contribution is 2.38. The average molecular weight is 465 g/mol. The zero-order valence-corrected chi connectivity index (χ0v) is 20.5. The zero-order chi connectivity index (χ0) is 22.7. The molecule has 166 valence electrons. The molecule has 2 heterocycles. The Labute approximate surface area is 199 Å². The molecule has 0 saturated heterocycles. The van der Waals surface area contributed by atoms with Crippen molar-refractivity contribution >= 4 is 34.7 Å². The first-order valence-electron chi connectivity index (χ1n) is 10.9. The lowest BCUT2D eigenvalue weighted by atomic mass is 9.94. The maximum absolute atomic E-state index is 5.81. The van der Waals surface area contributed by atoms with Gasteiger partial charge in [-0.05, 0) is 56.4 Å². The topological polar surface area (TPSA) is 54.2 Å². The molecule has 1 aliphatic rings. The zero-order valence-electron chi connectivity index (χ0n) is 18.9. The molecule has 7 heteroatoms. The molecular weight excluding hydrogens is 436 g/mol. The van der Waals surface area contributed by atoms with Crippen LogP contribution in [0.2, 0.25) is 0 Å². The van der Waals surface area contributed by atoms with E-state index in [1.54, 1.807) is 11.8 Å². The van der Waals surface area contributed by atoms with Crippen LogP contribution < -0.4 is 5.32 Å². The highest BCUT2D eigenvalue weighted by Gasteiger charge is 2.33. The first-order valence-corrected chi connectivity index (χ1v) is 12.5. The lowest BCUT2D eigenvalue weighted by molar-refractivity contribution is 0.395. The van der Waals surface area contributed by atoms with Gasteiger partial charge in [-0.15, -0.1) is 11.8 Å². The van der Waals surface area contributed by atoms with Crippen LogP contribution in [0.5, 0.6) is 0 Å². The fourth-order valence-electron chi connectivity index (χ4n) is 3.84. The molecule has 1 aliphatic heterocycles. The van der Waals surface area contributed by atoms with Gasteiger partial charge < -0.3 is 14.7 Å². The van der Waals surface area contributed by atoms with Gasteiger partial charge in [0.1, 0.15) is 0 Å². The molecule has 0 fully saturated rings. The van der Waals surface area contributed by atoms with Crippen molar-refractivity contribution in [1.82, 2.24) is 20.4 Å². The Morgan fingerprint density at radius 2 is 1.81 bits per heavy atom. The minimum atomic E-state index is -0.150. The smallest absolute Gasteiger partial charge is 0.258 e. The second kappa shape index (κ2) is 9.88. The third-order valence-corrected chi connectivity index (χ3v) is 6.83. The van der Waals surface area contributed by atoms with E-state index >= 15 is 0 Å². The number of thiocarbonyl (C=S) groups is 1. The molecule has 3 aromatic rings. The van der Waals surface area contributed by atoms with Gasteiger partial charge in [0.15, 0.2) is 5.11 Å². The Bertz CT molecular complexity index is 1120. The Kier molecular flexibility index (Phi) is 6.96. The highest BCUT2D eigenvalue weighted by atomic mass is 32.2. The summed E-state index contributed by atoms with van der Waals surface area (Å²) in [4.78, 5) is 8.15. The number of thioether (sulfide) groups is 1. The van der Waals surface area contributed by atoms with Gasteiger partial charge in [0, 0.05) is 22.7 Å². The summed E-state index contributed by atoms with van der Waals surface area (Å²) in [6.07, 6.45) is 4.23. The van der Waals surface area contributed by atoms with E-state index < -0.39 is 0 Å². The maximum Gasteiger partial charge on any atom is 0.258 e. The van der Waals surface area contributed by atoms with E-state index in [1.807, 2.05) is 12.1 Å². The third kappa shape index (κ3) is 4.59. The number of nitrogens with one attached hydrogen (secondary N) is 1. The van der Waals surface area contributed by atoms with Gasteiger partial charge in [0.25, 0.3) is 5.89 Å². The molecule has 1 unspecified atom stereocenters. The molecule has 5 nitrogen and oxygen atoms in total. The number of rotatable bonds is 7. The van der Waals surface area contributed by atoms with Crippen LogP contribution in [-0.4, -0.2) is 33.0 Å². The second-order valence-corrected chi connectivity index (χ2v) is 9.22. The molecule has 32 heavy (non-hydrogen) atoms. The van der Waals surface area contributed by atoms with Crippen LogP contribution >= 0.6 is 24.0 Å². The molecule has 1 aromatic heterocycles. The fourth-order valence-corrected chi connectivity index (χ4v) is 4.60. The number of nitrogens with zero attached hydrogens (tertiary/aromatic N) is 3. The first kappa shape index (κ1) is 22.6. The predicted molar refractivity (Wildman–Crippen MR) is 135 cm³/mol. The van der Waals surface area contributed by atoms with Crippen LogP contribution in [0.4, 0.5) is 0 Å². The van der Waals surface area contributed by atoms with E-state index in [2.05, 4.69) is 78.8 Å². The Hall–Kier alpha value is -2.64. The minimum Gasteiger partial charge on any atom is -0.351 e. The average Bonchev–Trinajstić information content (AvgIpc) is 3.29. The summed E-state index contributed by atoms with van der Waals surface area (Å²) >= 11 is 7.48. The summed E-state index contributed by atoms with van der Waals surface area (Å²) in [7, 11) is 0. The molecule has 0 aliphatic carbocycles. The van der Waals surface area contributed by atoms with Gasteiger partial charge in [0.05, 0.1) is 11.6 Å². The number of allylic oxidation sites excluding steroid dienone is 1. The van der Waals surface area contributed by atoms with Gasteiger partial charge in [-0.2, -0.15) is 4.98 Å². The summed E-state index contributed by atoms with van der Waals surface area (Å²) in [5.41, 5.74) is 5.27. The Balaban J connectivity index is 1.77. The van der Waals surface area contributed by atoms with Crippen molar-refractivity contribution in [2.45, 2.75) is 44.6 Å². The van der Waals surface area contributed by atoms with Crippen molar-refractivity contribution < 1.29 is 4.52 Å². The molecule has 0 radical (unpaired) electrons. The van der Waals surface area contributed by atoms with Gasteiger partial charge in [-0.3, -0.25) is 0 Å². The fraction of sp³-hybridized carbons (Fsp3) is 0.320. The van der Waals surface area contributed by atoms with Crippen molar-refractivity contribution in [3.63, 3.8) is 0 Å². The van der Waals surface area contributed by atoms with Gasteiger partial charge >= 0.3 is 0 Å². The second-order valence-electron chi connectivity index (χ2n) is 7.95. The van der Waals surface area contributed by atoms with Crippen molar-refractivity contribution in [3.05, 3.63) is 71.2 Å². The molecule has 2 aromatic carbocycles. The third-order valence-electron chi connectivity index (χ3n) is 5.75. The highest BCUT2D eigenvalue weighted by molar-refractivity contribution is 7.98. The van der Waals surface area contributed by atoms with E-state index in [4.69, 9.17) is 21.7 Å². The van der Waals surface area contributed by atoms with Crippen LogP contribution in [-0.2, 0) is 0 Å². The number of benzene rings is 2. The molecule has 0 saturated carbocycles. The van der Waals surface area contributed by atoms with Gasteiger partial charge in [-0.25, -0.2) is 0 Å². The van der Waals surface area contributed by atoms with Gasteiger partial charge in [-0.1, -0.05) is 60.5 Å². The molecule has 1 N–H and O–H groups in total. The van der Waals surface area contributed by atoms with E-state index in [0.717, 1.165) is 46.9 Å². The lowest BCUT2D eigenvalue weighted by Crippen LogP contribution is -2.46. The van der Waals surface area contributed by atoms with E-state index in [1.165, 1.54) is 10.5 Å². The van der Waals surface area contributed by atoms with Crippen LogP contribution in [0.15, 0.2) is 63.6 Å². The normalized spacial score (nSPS) is 16.4. The van der Waals surface area contributed by atoms with E-state index in [-0.39, 0.29) is 6.04 Å². The van der Waals surface area contributed by atoms with E-state index in [0.29, 0.717) is 11.7 Å².